The van der Waals surface area contributed by atoms with Crippen LogP contribution in [-0.4, -0.2) is 29.9 Å². The number of nitrogens with zero attached hydrogens (tertiary/aromatic N) is 2. The fraction of sp³-hybridized carbons (Fsp3) is 0.571. The van der Waals surface area contributed by atoms with Crippen LogP contribution in [-0.2, 0) is 0 Å². The molecule has 2 bridgehead atoms. The van der Waals surface area contributed by atoms with Gasteiger partial charge in [-0.05, 0) is 31.4 Å². The van der Waals surface area contributed by atoms with Crippen molar-refractivity contribution in [2.24, 2.45) is 0 Å². The Kier molecular flexibility index (Phi) is 4.95. The summed E-state index contributed by atoms with van der Waals surface area (Å²) in [5, 5.41) is 8.02. The zero-order valence-corrected chi connectivity index (χ0v) is 15.3. The van der Waals surface area contributed by atoms with E-state index in [1.54, 1.807) is 0 Å². The predicted octanol–water partition coefficient (Wildman–Crippen LogP) is 5.12. The zero-order valence-electron chi connectivity index (χ0n) is 15.3. The quantitative estimate of drug-likeness (QED) is 0.678. The van der Waals surface area contributed by atoms with Gasteiger partial charge in [0.25, 0.3) is 0 Å². The van der Waals surface area contributed by atoms with Crippen LogP contribution in [0, 0.1) is 0 Å². The summed E-state index contributed by atoms with van der Waals surface area (Å²) in [5.41, 5.74) is 4.85. The SMILES string of the molecule is CCCCCCCOc1ccccc1-c1n[nH]c2c1N1CCC2CC1. The molecule has 0 saturated carbocycles. The number of benzene rings is 1. The molecule has 4 nitrogen and oxygen atoms in total. The third-order valence-electron chi connectivity index (χ3n) is 5.63. The van der Waals surface area contributed by atoms with E-state index in [9.17, 15) is 0 Å². The maximum atomic E-state index is 6.14. The highest BCUT2D eigenvalue weighted by Crippen LogP contribution is 2.47. The van der Waals surface area contributed by atoms with Crippen molar-refractivity contribution in [1.29, 1.82) is 0 Å². The van der Waals surface area contributed by atoms with Gasteiger partial charge in [-0.1, -0.05) is 44.7 Å². The summed E-state index contributed by atoms with van der Waals surface area (Å²) in [5.74, 6) is 1.63. The Labute approximate surface area is 150 Å². The fourth-order valence-corrected chi connectivity index (χ4v) is 4.21. The lowest BCUT2D eigenvalue weighted by molar-refractivity contribution is 0.305. The molecule has 0 radical (unpaired) electrons. The third kappa shape index (κ3) is 3.26. The van der Waals surface area contributed by atoms with E-state index in [1.807, 2.05) is 0 Å². The standard InChI is InChI=1S/C21H29N3O/c1-2-3-4-5-8-15-25-18-10-7-6-9-17(18)20-21-19(22-23-20)16-11-13-24(21)14-12-16/h6-7,9-10,16H,2-5,8,11-15H2,1H3,(H,22,23). The van der Waals surface area contributed by atoms with Crippen molar-refractivity contribution >= 4 is 5.69 Å². The molecule has 0 aliphatic carbocycles. The van der Waals surface area contributed by atoms with Crippen LogP contribution in [0.2, 0.25) is 0 Å². The molecule has 1 fully saturated rings. The summed E-state index contributed by atoms with van der Waals surface area (Å²) >= 11 is 0. The number of aromatic nitrogens is 2. The number of nitrogens with one attached hydrogen (secondary N) is 1. The van der Waals surface area contributed by atoms with Gasteiger partial charge in [0.1, 0.15) is 11.4 Å². The number of ether oxygens (including phenoxy) is 1. The van der Waals surface area contributed by atoms with Crippen LogP contribution in [0.3, 0.4) is 0 Å². The normalized spacial score (nSPS) is 16.3. The van der Waals surface area contributed by atoms with Crippen molar-refractivity contribution in [3.8, 4) is 17.0 Å². The number of H-pyrrole nitrogens is 1. The van der Waals surface area contributed by atoms with E-state index in [1.165, 1.54) is 49.9 Å². The first-order valence-electron chi connectivity index (χ1n) is 9.94. The summed E-state index contributed by atoms with van der Waals surface area (Å²) in [4.78, 5) is 2.50. The fourth-order valence-electron chi connectivity index (χ4n) is 4.21. The second-order valence-electron chi connectivity index (χ2n) is 7.35. The molecule has 134 valence electrons. The highest BCUT2D eigenvalue weighted by molar-refractivity contribution is 5.82. The lowest BCUT2D eigenvalue weighted by Crippen LogP contribution is -2.38. The number of aromatic amines is 1. The molecule has 1 N–H and O–H groups in total. The van der Waals surface area contributed by atoms with Gasteiger partial charge in [0.2, 0.25) is 0 Å². The van der Waals surface area contributed by atoms with Crippen LogP contribution >= 0.6 is 0 Å². The van der Waals surface area contributed by atoms with Crippen molar-refractivity contribution in [3.05, 3.63) is 30.0 Å². The summed E-state index contributed by atoms with van der Waals surface area (Å²) in [7, 11) is 0. The molecule has 2 aromatic rings. The molecular weight excluding hydrogens is 310 g/mol. The van der Waals surface area contributed by atoms with Gasteiger partial charge in [-0.25, -0.2) is 0 Å². The molecule has 5 rings (SSSR count). The van der Waals surface area contributed by atoms with Gasteiger partial charge < -0.3 is 9.64 Å². The van der Waals surface area contributed by atoms with E-state index in [4.69, 9.17) is 9.84 Å². The summed E-state index contributed by atoms with van der Waals surface area (Å²) in [6.07, 6.45) is 8.81. The van der Waals surface area contributed by atoms with Crippen molar-refractivity contribution in [3.63, 3.8) is 0 Å². The highest BCUT2D eigenvalue weighted by Gasteiger charge is 2.35. The van der Waals surface area contributed by atoms with Crippen LogP contribution in [0.15, 0.2) is 24.3 Å². The Morgan fingerprint density at radius 3 is 2.76 bits per heavy atom. The number of para-hydroxylation sites is 1. The van der Waals surface area contributed by atoms with Crippen molar-refractivity contribution < 1.29 is 4.74 Å². The second kappa shape index (κ2) is 7.51. The van der Waals surface area contributed by atoms with Crippen LogP contribution in [0.25, 0.3) is 11.3 Å². The second-order valence-corrected chi connectivity index (χ2v) is 7.35. The van der Waals surface area contributed by atoms with Crippen LogP contribution in [0.5, 0.6) is 5.75 Å². The Balaban J connectivity index is 1.50. The Hall–Kier alpha value is -1.97. The smallest absolute Gasteiger partial charge is 0.128 e. The third-order valence-corrected chi connectivity index (χ3v) is 5.63. The topological polar surface area (TPSA) is 41.1 Å². The van der Waals surface area contributed by atoms with Gasteiger partial charge in [-0.2, -0.15) is 5.10 Å². The maximum Gasteiger partial charge on any atom is 0.128 e. The number of rotatable bonds is 8. The lowest BCUT2D eigenvalue weighted by atomic mass is 9.86. The molecule has 0 atom stereocenters. The highest BCUT2D eigenvalue weighted by atomic mass is 16.5. The molecule has 25 heavy (non-hydrogen) atoms. The summed E-state index contributed by atoms with van der Waals surface area (Å²) in [6.45, 7) is 5.36. The maximum absolute atomic E-state index is 6.14. The van der Waals surface area contributed by atoms with E-state index >= 15 is 0 Å². The van der Waals surface area contributed by atoms with E-state index in [2.05, 4.69) is 41.2 Å². The van der Waals surface area contributed by atoms with Crippen molar-refractivity contribution in [1.82, 2.24) is 10.2 Å². The van der Waals surface area contributed by atoms with Gasteiger partial charge in [0.05, 0.1) is 18.0 Å². The van der Waals surface area contributed by atoms with Gasteiger partial charge in [-0.3, -0.25) is 5.10 Å². The van der Waals surface area contributed by atoms with E-state index < -0.39 is 0 Å². The molecule has 3 aliphatic heterocycles. The van der Waals surface area contributed by atoms with E-state index in [-0.39, 0.29) is 0 Å². The average molecular weight is 339 g/mol. The number of piperidine rings is 1. The lowest BCUT2D eigenvalue weighted by Gasteiger charge is -2.40. The summed E-state index contributed by atoms with van der Waals surface area (Å²) in [6, 6.07) is 8.37. The molecule has 1 saturated heterocycles. The van der Waals surface area contributed by atoms with E-state index in [0.717, 1.165) is 43.1 Å². The first kappa shape index (κ1) is 16.5. The number of anilines is 1. The number of hydrogen-bond donors (Lipinski definition) is 1. The minimum absolute atomic E-state index is 0.660. The monoisotopic (exact) mass is 339 g/mol. The van der Waals surface area contributed by atoms with Gasteiger partial charge in [0, 0.05) is 24.6 Å². The van der Waals surface area contributed by atoms with Crippen LogP contribution in [0.1, 0.15) is 63.5 Å². The molecule has 3 aliphatic rings. The summed E-state index contributed by atoms with van der Waals surface area (Å²) < 4.78 is 6.14. The van der Waals surface area contributed by atoms with Gasteiger partial charge in [-0.15, -0.1) is 0 Å². The zero-order chi connectivity index (χ0) is 17.1. The number of hydrogen-bond acceptors (Lipinski definition) is 3. The largest absolute Gasteiger partial charge is 0.493 e. The Morgan fingerprint density at radius 2 is 1.92 bits per heavy atom. The molecular formula is C21H29N3O. The molecule has 4 heteroatoms. The molecule has 1 aromatic carbocycles. The molecule has 0 unspecified atom stereocenters. The average Bonchev–Trinajstić information content (AvgIpc) is 3.13. The molecule has 4 heterocycles. The Bertz CT molecular complexity index is 701. The number of fused-ring (bicyclic) bond motifs is 2. The minimum Gasteiger partial charge on any atom is -0.493 e. The minimum atomic E-state index is 0.660. The van der Waals surface area contributed by atoms with Crippen molar-refractivity contribution in [2.45, 2.75) is 57.8 Å². The van der Waals surface area contributed by atoms with Gasteiger partial charge >= 0.3 is 0 Å². The van der Waals surface area contributed by atoms with Gasteiger partial charge in [0.15, 0.2) is 0 Å². The Morgan fingerprint density at radius 1 is 1.12 bits per heavy atom. The van der Waals surface area contributed by atoms with Crippen LogP contribution < -0.4 is 9.64 Å². The van der Waals surface area contributed by atoms with Crippen LogP contribution in [0.4, 0.5) is 5.69 Å². The molecule has 0 amide bonds. The molecule has 1 aromatic heterocycles. The predicted molar refractivity (Wildman–Crippen MR) is 102 cm³/mol. The molecule has 0 spiro atoms. The van der Waals surface area contributed by atoms with Crippen molar-refractivity contribution in [2.75, 3.05) is 24.6 Å². The first-order chi connectivity index (χ1) is 12.4. The van der Waals surface area contributed by atoms with E-state index in [0.29, 0.717) is 5.92 Å². The first-order valence-corrected chi connectivity index (χ1v) is 9.94. The number of unbranched alkanes of at least 4 members (excludes halogenated alkanes) is 4.